The Morgan fingerprint density at radius 1 is 1.42 bits per heavy atom. The summed E-state index contributed by atoms with van der Waals surface area (Å²) in [5.41, 5.74) is 0.860. The summed E-state index contributed by atoms with van der Waals surface area (Å²) >= 11 is 1.57. The zero-order valence-corrected chi connectivity index (χ0v) is 12.4. The van der Waals surface area contributed by atoms with E-state index in [1.807, 2.05) is 0 Å². The lowest BCUT2D eigenvalue weighted by Gasteiger charge is -2.32. The Balaban J connectivity index is 2.07. The van der Waals surface area contributed by atoms with Gasteiger partial charge in [0.1, 0.15) is 0 Å². The number of aromatic nitrogens is 1. The molecule has 2 heterocycles. The van der Waals surface area contributed by atoms with Gasteiger partial charge >= 0.3 is 0 Å². The molecule has 108 valence electrons. The zero-order valence-electron chi connectivity index (χ0n) is 11.6. The number of hydrogen-bond donors (Lipinski definition) is 1. The summed E-state index contributed by atoms with van der Waals surface area (Å²) in [4.78, 5) is 7.82. The molecule has 5 nitrogen and oxygen atoms in total. The summed E-state index contributed by atoms with van der Waals surface area (Å²) in [7, 11) is 3.40. The van der Waals surface area contributed by atoms with Gasteiger partial charge < -0.3 is 19.5 Å². The fraction of sp³-hybridized carbons (Fsp3) is 0.769. The van der Waals surface area contributed by atoms with Crippen molar-refractivity contribution < 1.29 is 14.6 Å². The van der Waals surface area contributed by atoms with E-state index < -0.39 is 0 Å². The van der Waals surface area contributed by atoms with Crippen LogP contribution in [0.4, 0.5) is 5.13 Å². The lowest BCUT2D eigenvalue weighted by Crippen LogP contribution is -2.37. The Kier molecular flexibility index (Phi) is 5.57. The van der Waals surface area contributed by atoms with Gasteiger partial charge in [-0.15, -0.1) is 0 Å². The zero-order chi connectivity index (χ0) is 13.7. The van der Waals surface area contributed by atoms with E-state index >= 15 is 0 Å². The second-order valence-electron chi connectivity index (χ2n) is 4.87. The molecule has 1 aromatic rings. The molecule has 6 heteroatoms. The fourth-order valence-electron chi connectivity index (χ4n) is 2.49. The Hall–Kier alpha value is -0.690. The van der Waals surface area contributed by atoms with Crippen LogP contribution >= 0.6 is 11.3 Å². The minimum Gasteiger partial charge on any atom is -0.391 e. The lowest BCUT2D eigenvalue weighted by molar-refractivity contribution is 0.143. The van der Waals surface area contributed by atoms with Gasteiger partial charge in [0.15, 0.2) is 5.13 Å². The number of ether oxygens (including phenoxy) is 2. The molecule has 0 amide bonds. The monoisotopic (exact) mass is 286 g/mol. The highest BCUT2D eigenvalue weighted by Crippen LogP contribution is 2.30. The van der Waals surface area contributed by atoms with Gasteiger partial charge in [-0.1, -0.05) is 11.3 Å². The average Bonchev–Trinajstić information content (AvgIpc) is 2.83. The van der Waals surface area contributed by atoms with Crippen molar-refractivity contribution in [2.24, 2.45) is 5.92 Å². The van der Waals surface area contributed by atoms with Crippen LogP contribution in [0.3, 0.4) is 0 Å². The molecule has 1 N–H and O–H groups in total. The number of methoxy groups -OCH3 is 2. The van der Waals surface area contributed by atoms with Crippen molar-refractivity contribution in [3.05, 3.63) is 10.6 Å². The maximum atomic E-state index is 9.37. The average molecular weight is 286 g/mol. The number of anilines is 1. The van der Waals surface area contributed by atoms with Crippen molar-refractivity contribution in [1.82, 2.24) is 4.98 Å². The van der Waals surface area contributed by atoms with E-state index in [0.717, 1.165) is 35.4 Å². The third-order valence-corrected chi connectivity index (χ3v) is 4.53. The van der Waals surface area contributed by atoms with E-state index in [1.165, 1.54) is 12.8 Å². The molecule has 0 bridgehead atoms. The molecule has 0 aromatic carbocycles. The van der Waals surface area contributed by atoms with Gasteiger partial charge in [-0.2, -0.15) is 0 Å². The predicted octanol–water partition coefficient (Wildman–Crippen LogP) is 1.64. The molecule has 1 atom stereocenters. The van der Waals surface area contributed by atoms with Crippen molar-refractivity contribution in [3.63, 3.8) is 0 Å². The highest BCUT2D eigenvalue weighted by Gasteiger charge is 2.23. The van der Waals surface area contributed by atoms with Crippen molar-refractivity contribution in [1.29, 1.82) is 0 Å². The van der Waals surface area contributed by atoms with Gasteiger partial charge in [0.05, 0.1) is 30.4 Å². The van der Waals surface area contributed by atoms with Gasteiger partial charge in [0.2, 0.25) is 0 Å². The molecular weight excluding hydrogens is 264 g/mol. The maximum Gasteiger partial charge on any atom is 0.185 e. The van der Waals surface area contributed by atoms with Crippen LogP contribution in [-0.2, 0) is 22.7 Å². The van der Waals surface area contributed by atoms with Gasteiger partial charge in [-0.25, -0.2) is 4.98 Å². The van der Waals surface area contributed by atoms with E-state index in [0.29, 0.717) is 12.5 Å². The first-order chi connectivity index (χ1) is 9.28. The van der Waals surface area contributed by atoms with Crippen molar-refractivity contribution >= 4 is 16.5 Å². The molecule has 1 fully saturated rings. The molecule has 1 aromatic heterocycles. The summed E-state index contributed by atoms with van der Waals surface area (Å²) in [6, 6.07) is 0. The number of aliphatic hydroxyl groups excluding tert-OH is 1. The normalized spacial score (nSPS) is 19.9. The Labute approximate surface area is 118 Å². The second kappa shape index (κ2) is 7.19. The minimum absolute atomic E-state index is 0.0334. The Morgan fingerprint density at radius 2 is 2.26 bits per heavy atom. The Bertz CT molecular complexity index is 395. The topological polar surface area (TPSA) is 54.8 Å². The van der Waals surface area contributed by atoms with E-state index in [1.54, 1.807) is 25.6 Å². The number of rotatable bonds is 6. The van der Waals surface area contributed by atoms with Crippen molar-refractivity contribution in [2.45, 2.75) is 26.1 Å². The minimum atomic E-state index is 0.0334. The molecule has 0 saturated carbocycles. The number of hydrogen-bond acceptors (Lipinski definition) is 6. The smallest absolute Gasteiger partial charge is 0.185 e. The van der Waals surface area contributed by atoms with Gasteiger partial charge in [0.25, 0.3) is 0 Å². The lowest BCUT2D eigenvalue weighted by atomic mass is 9.99. The number of thiazole rings is 1. The third kappa shape index (κ3) is 3.66. The molecule has 19 heavy (non-hydrogen) atoms. The molecule has 1 aliphatic rings. The maximum absolute atomic E-state index is 9.37. The van der Waals surface area contributed by atoms with E-state index in [-0.39, 0.29) is 6.61 Å². The highest BCUT2D eigenvalue weighted by atomic mass is 32.1. The van der Waals surface area contributed by atoms with Crippen LogP contribution in [0.2, 0.25) is 0 Å². The van der Waals surface area contributed by atoms with Crippen LogP contribution in [0.15, 0.2) is 0 Å². The molecule has 2 rings (SSSR count). The van der Waals surface area contributed by atoms with Crippen molar-refractivity contribution in [3.8, 4) is 0 Å². The number of piperidine rings is 1. The summed E-state index contributed by atoms with van der Waals surface area (Å²) in [5, 5.41) is 10.4. The second-order valence-corrected chi connectivity index (χ2v) is 5.93. The summed E-state index contributed by atoms with van der Waals surface area (Å²) in [6.07, 6.45) is 2.38. The molecule has 1 aliphatic heterocycles. The third-order valence-electron chi connectivity index (χ3n) is 3.38. The van der Waals surface area contributed by atoms with Crippen LogP contribution in [0, 0.1) is 5.92 Å². The summed E-state index contributed by atoms with van der Waals surface area (Å²) in [5.74, 6) is 0.575. The first-order valence-electron chi connectivity index (χ1n) is 6.60. The SMILES string of the molecule is COCc1nc(N2CCCC(COC)C2)sc1CO. The first kappa shape index (κ1) is 14.7. The number of aliphatic hydroxyl groups is 1. The van der Waals surface area contributed by atoms with E-state index in [2.05, 4.69) is 9.88 Å². The Morgan fingerprint density at radius 3 is 2.95 bits per heavy atom. The van der Waals surface area contributed by atoms with E-state index in [9.17, 15) is 5.11 Å². The van der Waals surface area contributed by atoms with Gasteiger partial charge in [0, 0.05) is 27.3 Å². The first-order valence-corrected chi connectivity index (χ1v) is 7.42. The van der Waals surface area contributed by atoms with Crippen LogP contribution in [0.5, 0.6) is 0 Å². The fourth-order valence-corrected chi connectivity index (χ4v) is 3.45. The summed E-state index contributed by atoms with van der Waals surface area (Å²) in [6.45, 7) is 3.32. The highest BCUT2D eigenvalue weighted by molar-refractivity contribution is 7.15. The van der Waals surface area contributed by atoms with Crippen LogP contribution in [0.1, 0.15) is 23.4 Å². The van der Waals surface area contributed by atoms with Crippen LogP contribution < -0.4 is 4.90 Å². The molecular formula is C13H22N2O3S. The van der Waals surface area contributed by atoms with Crippen LogP contribution in [-0.4, -0.2) is 44.0 Å². The molecule has 1 saturated heterocycles. The largest absolute Gasteiger partial charge is 0.391 e. The van der Waals surface area contributed by atoms with Gasteiger partial charge in [-0.3, -0.25) is 0 Å². The number of nitrogens with zero attached hydrogens (tertiary/aromatic N) is 2. The molecule has 0 aliphatic carbocycles. The quantitative estimate of drug-likeness (QED) is 0.861. The van der Waals surface area contributed by atoms with Crippen molar-refractivity contribution in [2.75, 3.05) is 38.8 Å². The van der Waals surface area contributed by atoms with E-state index in [4.69, 9.17) is 9.47 Å². The van der Waals surface area contributed by atoms with Crippen LogP contribution in [0.25, 0.3) is 0 Å². The molecule has 1 unspecified atom stereocenters. The molecule has 0 radical (unpaired) electrons. The van der Waals surface area contributed by atoms with Gasteiger partial charge in [-0.05, 0) is 18.8 Å². The predicted molar refractivity (Wildman–Crippen MR) is 75.6 cm³/mol. The standard InChI is InChI=1S/C13H22N2O3S/c1-17-8-10-4-3-5-15(6-10)13-14-11(9-18-2)12(7-16)19-13/h10,16H,3-9H2,1-2H3. The molecule has 0 spiro atoms. The summed E-state index contributed by atoms with van der Waals surface area (Å²) < 4.78 is 10.4.